The largest absolute Gasteiger partial charge is 0.392 e. The van der Waals surface area contributed by atoms with Gasteiger partial charge in [-0.1, -0.05) is 38.1 Å². The summed E-state index contributed by atoms with van der Waals surface area (Å²) in [5, 5.41) is 20.5. The lowest BCUT2D eigenvalue weighted by atomic mass is 9.84. The molecule has 0 saturated carbocycles. The Labute approximate surface area is 167 Å². The number of rotatable bonds is 6. The number of nitrogens with zero attached hydrogens (tertiary/aromatic N) is 2. The molecular weight excluding hydrogens is 352 g/mol. The van der Waals surface area contributed by atoms with E-state index in [9.17, 15) is 9.90 Å². The van der Waals surface area contributed by atoms with Gasteiger partial charge >= 0.3 is 0 Å². The zero-order chi connectivity index (χ0) is 20.5. The van der Waals surface area contributed by atoms with E-state index in [1.54, 1.807) is 6.20 Å². The number of aliphatic hydroxyl groups excluding tert-OH is 1. The molecule has 1 atom stereocenters. The molecule has 28 heavy (non-hydrogen) atoms. The maximum Gasteiger partial charge on any atom is 0.257 e. The lowest BCUT2D eigenvalue weighted by molar-refractivity contribution is 0.0890. The first kappa shape index (κ1) is 20.4. The van der Waals surface area contributed by atoms with Crippen LogP contribution in [0, 0.1) is 0 Å². The fraction of sp³-hybridized carbons (Fsp3) is 0.545. The van der Waals surface area contributed by atoms with Crippen LogP contribution in [-0.2, 0) is 17.7 Å². The van der Waals surface area contributed by atoms with Gasteiger partial charge in [0.15, 0.2) is 0 Å². The first-order valence-electron chi connectivity index (χ1n) is 10.1. The highest BCUT2D eigenvalue weighted by atomic mass is 16.3. The van der Waals surface area contributed by atoms with Gasteiger partial charge in [-0.2, -0.15) is 5.10 Å². The van der Waals surface area contributed by atoms with Crippen molar-refractivity contribution in [3.05, 3.63) is 47.2 Å². The van der Waals surface area contributed by atoms with Gasteiger partial charge in [0.1, 0.15) is 11.4 Å². The Bertz CT molecular complexity index is 835. The number of nitrogens with one attached hydrogen (secondary N) is 2. The summed E-state index contributed by atoms with van der Waals surface area (Å²) in [6.45, 7) is 10.6. The standard InChI is InChI=1S/C22H32N4O2/c1-6-22(7-2,17-10-8-16(14-27)9-11-17)25-20(28)18-13-23-26-19(18)24-15(3)12-21(26,4)5/h8-11,13,15,24,27H,6-7,12,14H2,1-5H3,(H,25,28)/t15-/m0/s1. The van der Waals surface area contributed by atoms with E-state index in [1.165, 1.54) is 0 Å². The third-order valence-corrected chi connectivity index (χ3v) is 6.03. The highest BCUT2D eigenvalue weighted by Crippen LogP contribution is 2.35. The number of carbonyl (C=O) groups is 1. The van der Waals surface area contributed by atoms with Gasteiger partial charge in [0.05, 0.1) is 23.9 Å². The molecule has 1 aliphatic rings. The maximum absolute atomic E-state index is 13.3. The number of aromatic nitrogens is 2. The summed E-state index contributed by atoms with van der Waals surface area (Å²) in [6.07, 6.45) is 4.16. The van der Waals surface area contributed by atoms with Gasteiger partial charge in [-0.05, 0) is 51.2 Å². The number of benzene rings is 1. The van der Waals surface area contributed by atoms with E-state index >= 15 is 0 Å². The zero-order valence-corrected chi connectivity index (χ0v) is 17.5. The van der Waals surface area contributed by atoms with Crippen molar-refractivity contribution in [2.75, 3.05) is 5.32 Å². The molecule has 0 spiro atoms. The van der Waals surface area contributed by atoms with Crippen LogP contribution in [0.3, 0.4) is 0 Å². The Hall–Kier alpha value is -2.34. The molecule has 3 N–H and O–H groups in total. The summed E-state index contributed by atoms with van der Waals surface area (Å²) in [5.41, 5.74) is 1.90. The highest BCUT2D eigenvalue weighted by molar-refractivity contribution is 5.99. The Kier molecular flexibility index (Phi) is 5.53. The first-order valence-corrected chi connectivity index (χ1v) is 10.1. The van der Waals surface area contributed by atoms with E-state index in [-0.39, 0.29) is 24.1 Å². The lowest BCUT2D eigenvalue weighted by Crippen LogP contribution is -2.46. The van der Waals surface area contributed by atoms with Gasteiger partial charge in [-0.25, -0.2) is 4.68 Å². The molecule has 0 fully saturated rings. The van der Waals surface area contributed by atoms with E-state index in [1.807, 2.05) is 28.9 Å². The third-order valence-electron chi connectivity index (χ3n) is 6.03. The fourth-order valence-electron chi connectivity index (χ4n) is 4.35. The number of amides is 1. The van der Waals surface area contributed by atoms with Crippen molar-refractivity contribution in [2.24, 2.45) is 0 Å². The van der Waals surface area contributed by atoms with E-state index < -0.39 is 5.54 Å². The van der Waals surface area contributed by atoms with Crippen molar-refractivity contribution in [3.8, 4) is 0 Å². The minimum absolute atomic E-state index is 0.0140. The predicted molar refractivity (Wildman–Crippen MR) is 111 cm³/mol. The lowest BCUT2D eigenvalue weighted by Gasteiger charge is -2.37. The van der Waals surface area contributed by atoms with Gasteiger partial charge in [0, 0.05) is 6.04 Å². The van der Waals surface area contributed by atoms with Crippen LogP contribution < -0.4 is 10.6 Å². The normalized spacial score (nSPS) is 18.3. The van der Waals surface area contributed by atoms with Gasteiger partial charge in [0.25, 0.3) is 5.91 Å². The van der Waals surface area contributed by atoms with Crippen molar-refractivity contribution in [1.29, 1.82) is 0 Å². The van der Waals surface area contributed by atoms with Gasteiger partial charge in [0.2, 0.25) is 0 Å². The molecule has 6 heteroatoms. The fourth-order valence-corrected chi connectivity index (χ4v) is 4.35. The van der Waals surface area contributed by atoms with Gasteiger partial charge in [-0.15, -0.1) is 0 Å². The molecule has 1 aromatic carbocycles. The Morgan fingerprint density at radius 3 is 2.54 bits per heavy atom. The molecule has 3 rings (SSSR count). The van der Waals surface area contributed by atoms with Crippen molar-refractivity contribution in [3.63, 3.8) is 0 Å². The smallest absolute Gasteiger partial charge is 0.257 e. The Balaban J connectivity index is 1.93. The molecule has 2 aromatic rings. The first-order chi connectivity index (χ1) is 13.3. The second-order valence-electron chi connectivity index (χ2n) is 8.48. The van der Waals surface area contributed by atoms with E-state index in [2.05, 4.69) is 50.4 Å². The zero-order valence-electron chi connectivity index (χ0n) is 17.5. The van der Waals surface area contributed by atoms with Crippen LogP contribution >= 0.6 is 0 Å². The molecule has 152 valence electrons. The molecule has 1 amide bonds. The summed E-state index contributed by atoms with van der Waals surface area (Å²) < 4.78 is 1.93. The average molecular weight is 385 g/mol. The molecule has 0 bridgehead atoms. The van der Waals surface area contributed by atoms with Gasteiger partial charge < -0.3 is 15.7 Å². The second-order valence-corrected chi connectivity index (χ2v) is 8.48. The van der Waals surface area contributed by atoms with Gasteiger partial charge in [-0.3, -0.25) is 4.79 Å². The molecule has 6 nitrogen and oxygen atoms in total. The molecule has 1 aromatic heterocycles. The molecule has 1 aliphatic heterocycles. The highest BCUT2D eigenvalue weighted by Gasteiger charge is 2.36. The van der Waals surface area contributed by atoms with Crippen LogP contribution in [0.1, 0.15) is 75.4 Å². The number of hydrogen-bond acceptors (Lipinski definition) is 4. The summed E-state index contributed by atoms with van der Waals surface area (Å²) in [5.74, 6) is 0.673. The quantitative estimate of drug-likeness (QED) is 0.708. The predicted octanol–water partition coefficient (Wildman–Crippen LogP) is 3.76. The minimum atomic E-state index is -0.463. The summed E-state index contributed by atoms with van der Waals surface area (Å²) in [7, 11) is 0. The van der Waals surface area contributed by atoms with Crippen molar-refractivity contribution < 1.29 is 9.90 Å². The van der Waals surface area contributed by atoms with E-state index in [0.717, 1.165) is 36.2 Å². The number of carbonyl (C=O) groups excluding carboxylic acids is 1. The molecule has 0 aliphatic carbocycles. The summed E-state index contributed by atoms with van der Waals surface area (Å²) in [4.78, 5) is 13.3. The van der Waals surface area contributed by atoms with Crippen molar-refractivity contribution in [2.45, 2.75) is 77.6 Å². The molecule has 2 heterocycles. The summed E-state index contributed by atoms with van der Waals surface area (Å²) >= 11 is 0. The Morgan fingerprint density at radius 1 is 1.32 bits per heavy atom. The van der Waals surface area contributed by atoms with E-state index in [4.69, 9.17) is 0 Å². The van der Waals surface area contributed by atoms with Crippen LogP contribution in [0.2, 0.25) is 0 Å². The topological polar surface area (TPSA) is 79.2 Å². The van der Waals surface area contributed by atoms with Crippen LogP contribution in [0.15, 0.2) is 30.5 Å². The number of aliphatic hydroxyl groups is 1. The van der Waals surface area contributed by atoms with Crippen LogP contribution in [0.4, 0.5) is 5.82 Å². The van der Waals surface area contributed by atoms with Crippen LogP contribution in [0.5, 0.6) is 0 Å². The number of anilines is 1. The number of hydrogen-bond donors (Lipinski definition) is 3. The second kappa shape index (κ2) is 7.59. The average Bonchev–Trinajstić information content (AvgIpc) is 3.10. The van der Waals surface area contributed by atoms with E-state index in [0.29, 0.717) is 5.56 Å². The molecular formula is C22H32N4O2. The number of fused-ring (bicyclic) bond motifs is 1. The van der Waals surface area contributed by atoms with Crippen LogP contribution in [-0.4, -0.2) is 26.8 Å². The van der Waals surface area contributed by atoms with Crippen LogP contribution in [0.25, 0.3) is 0 Å². The monoisotopic (exact) mass is 384 g/mol. The summed E-state index contributed by atoms with van der Waals surface area (Å²) in [6, 6.07) is 8.09. The van der Waals surface area contributed by atoms with Crippen molar-refractivity contribution >= 4 is 11.7 Å². The Morgan fingerprint density at radius 2 is 1.96 bits per heavy atom. The maximum atomic E-state index is 13.3. The molecule has 0 unspecified atom stereocenters. The SMILES string of the molecule is CCC(CC)(NC(=O)c1cnn2c1N[C@@H](C)CC2(C)C)c1ccc(CO)cc1. The molecule has 0 radical (unpaired) electrons. The van der Waals surface area contributed by atoms with Crippen molar-refractivity contribution in [1.82, 2.24) is 15.1 Å². The minimum Gasteiger partial charge on any atom is -0.392 e. The molecule has 0 saturated heterocycles. The third kappa shape index (κ3) is 3.53.